The minimum Gasteiger partial charge on any atom is -0.493 e. The molecule has 5 nitrogen and oxygen atoms in total. The van der Waals surface area contributed by atoms with E-state index in [4.69, 9.17) is 14.6 Å². The molecule has 0 heterocycles. The Kier molecular flexibility index (Phi) is 7.36. The van der Waals surface area contributed by atoms with Crippen LogP contribution in [-0.4, -0.2) is 43.2 Å². The van der Waals surface area contributed by atoms with E-state index >= 15 is 0 Å². The van der Waals surface area contributed by atoms with E-state index in [1.165, 1.54) is 0 Å². The van der Waals surface area contributed by atoms with Crippen LogP contribution in [0, 0.1) is 5.92 Å². The molecule has 20 heavy (non-hydrogen) atoms. The monoisotopic (exact) mass is 283 g/mol. The maximum absolute atomic E-state index is 9.33. The lowest BCUT2D eigenvalue weighted by Crippen LogP contribution is -2.22. The third-order valence-corrected chi connectivity index (χ3v) is 2.75. The molecule has 0 fully saturated rings. The second kappa shape index (κ2) is 8.79. The topological polar surface area (TPSA) is 71.0 Å². The summed E-state index contributed by atoms with van der Waals surface area (Å²) in [5, 5.41) is 21.5. The van der Waals surface area contributed by atoms with Crippen LogP contribution in [0.25, 0.3) is 0 Å². The highest BCUT2D eigenvalue weighted by atomic mass is 16.5. The van der Waals surface area contributed by atoms with Gasteiger partial charge in [0.1, 0.15) is 12.7 Å². The minimum atomic E-state index is -0.887. The van der Waals surface area contributed by atoms with Gasteiger partial charge in [-0.15, -0.1) is 0 Å². The molecular weight excluding hydrogens is 258 g/mol. The molecule has 0 aliphatic rings. The molecule has 3 N–H and O–H groups in total. The first kappa shape index (κ1) is 16.8. The Morgan fingerprint density at radius 3 is 2.60 bits per heavy atom. The number of hydrogen-bond donors (Lipinski definition) is 3. The largest absolute Gasteiger partial charge is 0.493 e. The lowest BCUT2D eigenvalue weighted by Gasteiger charge is -2.15. The van der Waals surface area contributed by atoms with Gasteiger partial charge in [0, 0.05) is 6.54 Å². The van der Waals surface area contributed by atoms with Gasteiger partial charge < -0.3 is 25.0 Å². The van der Waals surface area contributed by atoms with E-state index in [1.807, 2.05) is 18.2 Å². The van der Waals surface area contributed by atoms with Crippen LogP contribution in [-0.2, 0) is 6.54 Å². The Morgan fingerprint density at radius 1 is 1.25 bits per heavy atom. The van der Waals surface area contributed by atoms with E-state index in [1.54, 1.807) is 7.11 Å². The van der Waals surface area contributed by atoms with E-state index in [-0.39, 0.29) is 13.2 Å². The van der Waals surface area contributed by atoms with Crippen LogP contribution in [0.5, 0.6) is 11.5 Å². The molecule has 0 radical (unpaired) electrons. The fraction of sp³-hybridized carbons (Fsp3) is 0.600. The Balaban J connectivity index is 2.65. The minimum absolute atomic E-state index is 0.0374. The van der Waals surface area contributed by atoms with Crippen LogP contribution >= 0.6 is 0 Å². The molecule has 114 valence electrons. The Bertz CT molecular complexity index is 395. The van der Waals surface area contributed by atoms with Gasteiger partial charge in [-0.2, -0.15) is 0 Å². The first-order chi connectivity index (χ1) is 9.56. The molecule has 0 bridgehead atoms. The van der Waals surface area contributed by atoms with E-state index in [2.05, 4.69) is 19.2 Å². The summed E-state index contributed by atoms with van der Waals surface area (Å²) in [6.45, 7) is 5.73. The zero-order valence-corrected chi connectivity index (χ0v) is 12.4. The fourth-order valence-electron chi connectivity index (χ4n) is 1.69. The molecule has 0 aromatic heterocycles. The maximum atomic E-state index is 9.33. The number of benzene rings is 1. The fourth-order valence-corrected chi connectivity index (χ4v) is 1.69. The van der Waals surface area contributed by atoms with Crippen molar-refractivity contribution >= 4 is 0 Å². The van der Waals surface area contributed by atoms with Crippen molar-refractivity contribution < 1.29 is 19.7 Å². The summed E-state index contributed by atoms with van der Waals surface area (Å²) in [4.78, 5) is 0. The van der Waals surface area contributed by atoms with Crippen LogP contribution in [0.15, 0.2) is 18.2 Å². The molecule has 1 aromatic rings. The van der Waals surface area contributed by atoms with Crippen LogP contribution in [0.4, 0.5) is 0 Å². The SMILES string of the molecule is COc1ccc(CNCC(C)C)cc1OCC(O)CO. The van der Waals surface area contributed by atoms with Gasteiger partial charge >= 0.3 is 0 Å². The molecule has 1 rings (SSSR count). The summed E-state index contributed by atoms with van der Waals surface area (Å²) >= 11 is 0. The number of aliphatic hydroxyl groups excluding tert-OH is 2. The normalized spacial score (nSPS) is 12.5. The van der Waals surface area contributed by atoms with Crippen molar-refractivity contribution in [3.05, 3.63) is 23.8 Å². The van der Waals surface area contributed by atoms with Gasteiger partial charge in [0.2, 0.25) is 0 Å². The second-order valence-corrected chi connectivity index (χ2v) is 5.16. The molecule has 0 saturated heterocycles. The Morgan fingerprint density at radius 2 is 2.00 bits per heavy atom. The summed E-state index contributed by atoms with van der Waals surface area (Å²) in [6, 6.07) is 5.70. The Labute approximate surface area is 120 Å². The van der Waals surface area contributed by atoms with Crippen molar-refractivity contribution in [2.45, 2.75) is 26.5 Å². The average Bonchev–Trinajstić information content (AvgIpc) is 2.44. The summed E-state index contributed by atoms with van der Waals surface area (Å²) in [5.74, 6) is 1.79. The summed E-state index contributed by atoms with van der Waals surface area (Å²) in [6.07, 6.45) is -0.887. The van der Waals surface area contributed by atoms with Crippen molar-refractivity contribution in [3.8, 4) is 11.5 Å². The van der Waals surface area contributed by atoms with E-state index in [0.717, 1.165) is 18.7 Å². The maximum Gasteiger partial charge on any atom is 0.161 e. The van der Waals surface area contributed by atoms with Crippen LogP contribution in [0.2, 0.25) is 0 Å². The molecular formula is C15H25NO4. The summed E-state index contributed by atoms with van der Waals surface area (Å²) in [5.41, 5.74) is 1.08. The lowest BCUT2D eigenvalue weighted by molar-refractivity contribution is 0.0527. The van der Waals surface area contributed by atoms with E-state index in [9.17, 15) is 5.11 Å². The van der Waals surface area contributed by atoms with E-state index < -0.39 is 6.10 Å². The van der Waals surface area contributed by atoms with Crippen LogP contribution in [0.3, 0.4) is 0 Å². The number of rotatable bonds is 9. The number of hydrogen-bond acceptors (Lipinski definition) is 5. The van der Waals surface area contributed by atoms with Crippen molar-refractivity contribution in [2.75, 3.05) is 26.9 Å². The van der Waals surface area contributed by atoms with Crippen molar-refractivity contribution in [1.82, 2.24) is 5.32 Å². The first-order valence-corrected chi connectivity index (χ1v) is 6.86. The number of nitrogens with one attached hydrogen (secondary N) is 1. The molecule has 5 heteroatoms. The summed E-state index contributed by atoms with van der Waals surface area (Å²) in [7, 11) is 1.57. The smallest absolute Gasteiger partial charge is 0.161 e. The van der Waals surface area contributed by atoms with Gasteiger partial charge in [0.05, 0.1) is 13.7 Å². The van der Waals surface area contributed by atoms with Gasteiger partial charge in [-0.1, -0.05) is 19.9 Å². The molecule has 1 aromatic carbocycles. The standard InChI is InChI=1S/C15H25NO4/c1-11(2)7-16-8-12-4-5-14(19-3)15(6-12)20-10-13(18)9-17/h4-6,11,13,16-18H,7-10H2,1-3H3. The average molecular weight is 283 g/mol. The van der Waals surface area contributed by atoms with Gasteiger partial charge in [0.25, 0.3) is 0 Å². The molecule has 1 unspecified atom stereocenters. The molecule has 0 spiro atoms. The van der Waals surface area contributed by atoms with Crippen molar-refractivity contribution in [3.63, 3.8) is 0 Å². The predicted octanol–water partition coefficient (Wildman–Crippen LogP) is 1.17. The van der Waals surface area contributed by atoms with Crippen molar-refractivity contribution in [1.29, 1.82) is 0 Å². The van der Waals surface area contributed by atoms with Crippen LogP contribution in [0.1, 0.15) is 19.4 Å². The predicted molar refractivity (Wildman–Crippen MR) is 78.1 cm³/mol. The van der Waals surface area contributed by atoms with Gasteiger partial charge in [-0.3, -0.25) is 0 Å². The molecule has 0 amide bonds. The highest BCUT2D eigenvalue weighted by Gasteiger charge is 2.09. The number of ether oxygens (including phenoxy) is 2. The number of methoxy groups -OCH3 is 1. The zero-order chi connectivity index (χ0) is 15.0. The third kappa shape index (κ3) is 5.77. The quantitative estimate of drug-likeness (QED) is 0.634. The third-order valence-electron chi connectivity index (χ3n) is 2.75. The lowest BCUT2D eigenvalue weighted by atomic mass is 10.2. The van der Waals surface area contributed by atoms with Gasteiger partial charge in [-0.25, -0.2) is 0 Å². The highest BCUT2D eigenvalue weighted by Crippen LogP contribution is 2.28. The van der Waals surface area contributed by atoms with E-state index in [0.29, 0.717) is 17.4 Å². The second-order valence-electron chi connectivity index (χ2n) is 5.16. The van der Waals surface area contributed by atoms with Gasteiger partial charge in [-0.05, 0) is 30.2 Å². The Hall–Kier alpha value is -1.30. The number of aliphatic hydroxyl groups is 2. The molecule has 0 aliphatic carbocycles. The summed E-state index contributed by atoms with van der Waals surface area (Å²) < 4.78 is 10.7. The molecule has 0 aliphatic heterocycles. The highest BCUT2D eigenvalue weighted by molar-refractivity contribution is 5.43. The van der Waals surface area contributed by atoms with Gasteiger partial charge in [0.15, 0.2) is 11.5 Å². The molecule has 1 atom stereocenters. The van der Waals surface area contributed by atoms with Crippen LogP contribution < -0.4 is 14.8 Å². The zero-order valence-electron chi connectivity index (χ0n) is 12.4. The molecule has 0 saturated carbocycles. The first-order valence-electron chi connectivity index (χ1n) is 6.86. The van der Waals surface area contributed by atoms with Crippen molar-refractivity contribution in [2.24, 2.45) is 5.92 Å².